The summed E-state index contributed by atoms with van der Waals surface area (Å²) in [6.07, 6.45) is 1.78. The maximum Gasteiger partial charge on any atom is 0.269 e. The summed E-state index contributed by atoms with van der Waals surface area (Å²) in [5.74, 6) is 0.0978. The normalized spacial score (nSPS) is 18.6. The van der Waals surface area contributed by atoms with Gasteiger partial charge in [0.1, 0.15) is 0 Å². The molecule has 0 radical (unpaired) electrons. The van der Waals surface area contributed by atoms with Gasteiger partial charge in [-0.05, 0) is 38.5 Å². The van der Waals surface area contributed by atoms with Crippen molar-refractivity contribution in [2.45, 2.75) is 32.9 Å². The van der Waals surface area contributed by atoms with Gasteiger partial charge in [-0.25, -0.2) is 13.4 Å². The zero-order valence-electron chi connectivity index (χ0n) is 15.8. The third-order valence-corrected chi connectivity index (χ3v) is 7.16. The summed E-state index contributed by atoms with van der Waals surface area (Å²) in [7, 11) is -3.02. The van der Waals surface area contributed by atoms with Gasteiger partial charge in [-0.2, -0.15) is 0 Å². The van der Waals surface area contributed by atoms with Gasteiger partial charge < -0.3 is 4.57 Å². The van der Waals surface area contributed by atoms with Gasteiger partial charge >= 0.3 is 0 Å². The predicted molar refractivity (Wildman–Crippen MR) is 107 cm³/mol. The fourth-order valence-electron chi connectivity index (χ4n) is 4.11. The summed E-state index contributed by atoms with van der Waals surface area (Å²) in [5, 5.41) is 0. The Labute approximate surface area is 162 Å². The number of rotatable bonds is 4. The van der Waals surface area contributed by atoms with Crippen LogP contribution in [0.15, 0.2) is 41.3 Å². The van der Waals surface area contributed by atoms with Gasteiger partial charge in [0.15, 0.2) is 15.6 Å². The van der Waals surface area contributed by atoms with Gasteiger partial charge in [-0.15, -0.1) is 0 Å². The Balaban J connectivity index is 1.70. The Hall–Kier alpha value is -2.74. The molecule has 4 rings (SSSR count). The van der Waals surface area contributed by atoms with Crippen LogP contribution in [0.1, 0.15) is 34.2 Å². The van der Waals surface area contributed by atoms with E-state index in [0.29, 0.717) is 23.0 Å². The average Bonchev–Trinajstić information content (AvgIpc) is 3.15. The van der Waals surface area contributed by atoms with Crippen molar-refractivity contribution in [1.82, 2.24) is 14.1 Å². The molecule has 1 aromatic carbocycles. The highest BCUT2D eigenvalue weighted by Gasteiger charge is 2.31. The molecule has 0 amide bonds. The molecule has 0 bridgehead atoms. The summed E-state index contributed by atoms with van der Waals surface area (Å²) in [4.78, 5) is 29.5. The van der Waals surface area contributed by atoms with Crippen LogP contribution in [0.4, 0.5) is 0 Å². The number of nitrogens with zero attached hydrogens (tertiary/aromatic N) is 3. The molecule has 146 valence electrons. The predicted octanol–water partition coefficient (Wildman–Crippen LogP) is 2.06. The molecule has 0 aliphatic carbocycles. The summed E-state index contributed by atoms with van der Waals surface area (Å²) < 4.78 is 27.1. The third kappa shape index (κ3) is 3.17. The number of hydrogen-bond donors (Lipinski definition) is 0. The van der Waals surface area contributed by atoms with E-state index in [0.717, 1.165) is 11.4 Å². The Morgan fingerprint density at radius 2 is 2.00 bits per heavy atom. The van der Waals surface area contributed by atoms with Crippen molar-refractivity contribution < 1.29 is 13.2 Å². The van der Waals surface area contributed by atoms with E-state index < -0.39 is 9.84 Å². The monoisotopic (exact) mass is 399 g/mol. The summed E-state index contributed by atoms with van der Waals surface area (Å²) in [5.41, 5.74) is 3.05. The number of para-hydroxylation sites is 2. The van der Waals surface area contributed by atoms with Crippen LogP contribution in [-0.2, 0) is 16.4 Å². The van der Waals surface area contributed by atoms with Gasteiger partial charge in [0.25, 0.3) is 5.56 Å². The van der Waals surface area contributed by atoms with Crippen LogP contribution in [0, 0.1) is 13.8 Å². The quantitative estimate of drug-likeness (QED) is 0.626. The fraction of sp³-hybridized carbons (Fsp3) is 0.350. The van der Waals surface area contributed by atoms with Crippen molar-refractivity contribution in [3.8, 4) is 0 Å². The zero-order chi connectivity index (χ0) is 20.1. The molecule has 0 saturated carbocycles. The number of sulfone groups is 1. The van der Waals surface area contributed by atoms with E-state index in [1.54, 1.807) is 24.3 Å². The second kappa shape index (κ2) is 6.70. The number of aromatic nitrogens is 3. The first kappa shape index (κ1) is 18.6. The largest absolute Gasteiger partial charge is 0.344 e. The van der Waals surface area contributed by atoms with E-state index in [4.69, 9.17) is 0 Å². The van der Waals surface area contributed by atoms with E-state index >= 15 is 0 Å². The van der Waals surface area contributed by atoms with E-state index in [2.05, 4.69) is 4.98 Å². The van der Waals surface area contributed by atoms with Gasteiger partial charge in [0, 0.05) is 23.0 Å². The van der Waals surface area contributed by atoms with Crippen molar-refractivity contribution >= 4 is 26.7 Å². The highest BCUT2D eigenvalue weighted by Crippen LogP contribution is 2.29. The van der Waals surface area contributed by atoms with Crippen LogP contribution in [-0.4, -0.2) is 39.8 Å². The van der Waals surface area contributed by atoms with Crippen LogP contribution >= 0.6 is 0 Å². The summed E-state index contributed by atoms with van der Waals surface area (Å²) in [6, 6.07) is 8.84. The number of benzene rings is 1. The van der Waals surface area contributed by atoms with Crippen LogP contribution in [0.2, 0.25) is 0 Å². The van der Waals surface area contributed by atoms with E-state index in [9.17, 15) is 18.0 Å². The molecular formula is C20H21N3O4S. The molecule has 2 aromatic heterocycles. The maximum absolute atomic E-state index is 13.0. The minimum absolute atomic E-state index is 0.0882. The maximum atomic E-state index is 13.0. The number of ketones is 1. The van der Waals surface area contributed by atoms with Crippen LogP contribution < -0.4 is 5.56 Å². The number of carbonyl (C=O) groups excluding carboxylic acids is 1. The number of aryl methyl sites for hydroxylation is 1. The Morgan fingerprint density at radius 3 is 2.71 bits per heavy atom. The molecule has 8 heteroatoms. The molecule has 0 N–H and O–H groups in total. The molecule has 1 fully saturated rings. The Morgan fingerprint density at radius 1 is 1.25 bits per heavy atom. The second-order valence-corrected chi connectivity index (χ2v) is 9.53. The SMILES string of the molecule is Cc1cc(C(=O)Cn2c(=O)cnc3ccccc32)c(C)n1[C@H]1CCS(=O)(=O)C1. The fourth-order valence-corrected chi connectivity index (χ4v) is 5.81. The average molecular weight is 399 g/mol. The van der Waals surface area contributed by atoms with Crippen LogP contribution in [0.3, 0.4) is 0 Å². The molecule has 0 spiro atoms. The Bertz CT molecular complexity index is 1250. The molecule has 28 heavy (non-hydrogen) atoms. The van der Waals surface area contributed by atoms with Crippen LogP contribution in [0.25, 0.3) is 11.0 Å². The van der Waals surface area contributed by atoms with E-state index in [1.807, 2.05) is 24.5 Å². The van der Waals surface area contributed by atoms with Gasteiger partial charge in [0.05, 0.1) is 35.3 Å². The Kier molecular flexibility index (Phi) is 4.45. The van der Waals surface area contributed by atoms with Crippen molar-refractivity contribution in [2.75, 3.05) is 11.5 Å². The van der Waals surface area contributed by atoms with Crippen molar-refractivity contribution in [1.29, 1.82) is 0 Å². The molecular weight excluding hydrogens is 378 g/mol. The minimum atomic E-state index is -3.02. The first-order chi connectivity index (χ1) is 13.3. The number of carbonyl (C=O) groups is 1. The molecule has 3 aromatic rings. The summed E-state index contributed by atoms with van der Waals surface area (Å²) in [6.45, 7) is 3.62. The lowest BCUT2D eigenvalue weighted by molar-refractivity contribution is 0.0971. The van der Waals surface area contributed by atoms with E-state index in [-0.39, 0.29) is 35.4 Å². The number of hydrogen-bond acceptors (Lipinski definition) is 5. The van der Waals surface area contributed by atoms with Crippen LogP contribution in [0.5, 0.6) is 0 Å². The molecule has 1 atom stereocenters. The molecule has 3 heterocycles. The second-order valence-electron chi connectivity index (χ2n) is 7.31. The molecule has 1 saturated heterocycles. The number of Topliss-reactive ketones (excluding diaryl/α,β-unsaturated/α-hetero) is 1. The molecule has 7 nitrogen and oxygen atoms in total. The molecule has 1 aliphatic rings. The van der Waals surface area contributed by atoms with E-state index in [1.165, 1.54) is 10.8 Å². The highest BCUT2D eigenvalue weighted by atomic mass is 32.2. The lowest BCUT2D eigenvalue weighted by Crippen LogP contribution is -2.25. The molecule has 1 aliphatic heterocycles. The van der Waals surface area contributed by atoms with Crippen molar-refractivity contribution in [3.63, 3.8) is 0 Å². The lowest BCUT2D eigenvalue weighted by Gasteiger charge is -2.16. The first-order valence-electron chi connectivity index (χ1n) is 9.13. The summed E-state index contributed by atoms with van der Waals surface area (Å²) >= 11 is 0. The van der Waals surface area contributed by atoms with Crippen molar-refractivity contribution in [2.24, 2.45) is 0 Å². The first-order valence-corrected chi connectivity index (χ1v) is 11.0. The van der Waals surface area contributed by atoms with Crippen molar-refractivity contribution in [3.05, 3.63) is 63.8 Å². The standard InChI is InChI=1S/C20H21N3O4S/c1-13-9-16(14(2)23(13)15-7-8-28(26,27)12-15)19(24)11-22-18-6-4-3-5-17(18)21-10-20(22)25/h3-6,9-10,15H,7-8,11-12H2,1-2H3/t15-/m0/s1. The minimum Gasteiger partial charge on any atom is -0.344 e. The van der Waals surface area contributed by atoms with Gasteiger partial charge in [-0.1, -0.05) is 12.1 Å². The highest BCUT2D eigenvalue weighted by molar-refractivity contribution is 7.91. The lowest BCUT2D eigenvalue weighted by atomic mass is 10.1. The zero-order valence-corrected chi connectivity index (χ0v) is 16.6. The third-order valence-electron chi connectivity index (χ3n) is 5.41. The molecule has 0 unspecified atom stereocenters. The topological polar surface area (TPSA) is 91.0 Å². The van der Waals surface area contributed by atoms with Gasteiger partial charge in [-0.3, -0.25) is 14.2 Å². The smallest absolute Gasteiger partial charge is 0.269 e. The number of fused-ring (bicyclic) bond motifs is 1. The van der Waals surface area contributed by atoms with Gasteiger partial charge in [0.2, 0.25) is 0 Å².